The lowest BCUT2D eigenvalue weighted by atomic mass is 10.1. The van der Waals surface area contributed by atoms with Crippen molar-refractivity contribution in [1.82, 2.24) is 19.8 Å². The average molecular weight is 347 g/mol. The smallest absolute Gasteiger partial charge is 0.235 e. The zero-order valence-corrected chi connectivity index (χ0v) is 14.3. The summed E-state index contributed by atoms with van der Waals surface area (Å²) >= 11 is 5.11. The summed E-state index contributed by atoms with van der Waals surface area (Å²) in [7, 11) is 0. The molecule has 0 amide bonds. The van der Waals surface area contributed by atoms with Crippen molar-refractivity contribution in [2.75, 3.05) is 12.3 Å². The Labute approximate surface area is 140 Å². The van der Waals surface area contributed by atoms with Gasteiger partial charge >= 0.3 is 0 Å². The molecule has 0 atom stereocenters. The molecule has 0 radical (unpaired) electrons. The Morgan fingerprint density at radius 1 is 1.27 bits per heavy atom. The largest absolute Gasteiger partial charge is 0.271 e. The van der Waals surface area contributed by atoms with E-state index in [1.807, 2.05) is 28.4 Å². The first-order chi connectivity index (χ1) is 10.8. The SMILES string of the molecule is Cc1ccccc1-c1nn2c(CSC3=NCCS3)nnc2s1. The topological polar surface area (TPSA) is 55.4 Å². The van der Waals surface area contributed by atoms with E-state index in [2.05, 4.69) is 34.2 Å². The quantitative estimate of drug-likeness (QED) is 0.726. The number of fused-ring (bicyclic) bond motifs is 1. The molecule has 4 rings (SSSR count). The Bertz CT molecular complexity index is 851. The maximum atomic E-state index is 4.70. The van der Waals surface area contributed by atoms with Crippen molar-refractivity contribution in [3.05, 3.63) is 35.7 Å². The summed E-state index contributed by atoms with van der Waals surface area (Å²) in [6.45, 7) is 3.03. The molecule has 1 aliphatic heterocycles. The van der Waals surface area contributed by atoms with Crippen molar-refractivity contribution in [2.24, 2.45) is 4.99 Å². The average Bonchev–Trinajstić information content (AvgIpc) is 3.23. The van der Waals surface area contributed by atoms with Gasteiger partial charge in [-0.15, -0.1) is 10.2 Å². The predicted octanol–water partition coefficient (Wildman–Crippen LogP) is 3.50. The van der Waals surface area contributed by atoms with Gasteiger partial charge in [-0.05, 0) is 12.5 Å². The summed E-state index contributed by atoms with van der Waals surface area (Å²) in [5.74, 6) is 2.72. The van der Waals surface area contributed by atoms with Gasteiger partial charge < -0.3 is 0 Å². The molecule has 22 heavy (non-hydrogen) atoms. The summed E-state index contributed by atoms with van der Waals surface area (Å²) in [6, 6.07) is 8.28. The maximum Gasteiger partial charge on any atom is 0.235 e. The van der Waals surface area contributed by atoms with Crippen LogP contribution in [0, 0.1) is 6.92 Å². The molecule has 1 aromatic carbocycles. The molecular weight excluding hydrogens is 334 g/mol. The van der Waals surface area contributed by atoms with E-state index in [4.69, 9.17) is 5.10 Å². The molecule has 0 spiro atoms. The molecule has 112 valence electrons. The molecular formula is C14H13N5S3. The molecule has 8 heteroatoms. The highest BCUT2D eigenvalue weighted by molar-refractivity contribution is 8.38. The van der Waals surface area contributed by atoms with Gasteiger partial charge in [0.2, 0.25) is 4.96 Å². The molecule has 0 fully saturated rings. The number of hydrogen-bond donors (Lipinski definition) is 0. The Kier molecular flexibility index (Phi) is 3.89. The van der Waals surface area contributed by atoms with Crippen molar-refractivity contribution >= 4 is 44.2 Å². The number of thioether (sulfide) groups is 2. The number of aliphatic imine (C=N–C) groups is 1. The van der Waals surface area contributed by atoms with E-state index in [-0.39, 0.29) is 0 Å². The molecule has 0 saturated carbocycles. The zero-order valence-electron chi connectivity index (χ0n) is 11.9. The number of benzene rings is 1. The van der Waals surface area contributed by atoms with Crippen molar-refractivity contribution < 1.29 is 0 Å². The van der Waals surface area contributed by atoms with E-state index < -0.39 is 0 Å². The normalized spacial score (nSPS) is 14.7. The second-order valence-electron chi connectivity index (χ2n) is 4.82. The molecule has 0 N–H and O–H groups in total. The zero-order chi connectivity index (χ0) is 14.9. The molecule has 0 unspecified atom stereocenters. The molecule has 0 aliphatic carbocycles. The Hall–Kier alpha value is -1.38. The Morgan fingerprint density at radius 3 is 3.00 bits per heavy atom. The lowest BCUT2D eigenvalue weighted by molar-refractivity contribution is 0.888. The van der Waals surface area contributed by atoms with Crippen LogP contribution in [0.4, 0.5) is 0 Å². The summed E-state index contributed by atoms with van der Waals surface area (Å²) in [6.07, 6.45) is 0. The van der Waals surface area contributed by atoms with Gasteiger partial charge in [0.15, 0.2) is 5.82 Å². The standard InChI is InChI=1S/C14H13N5S3/c1-9-4-2-3-5-10(9)12-18-19-11(16-17-13(19)22-12)8-21-14-15-6-7-20-14/h2-5H,6-8H2,1H3. The van der Waals surface area contributed by atoms with Gasteiger partial charge in [-0.25, -0.2) is 0 Å². The number of aromatic nitrogens is 4. The lowest BCUT2D eigenvalue weighted by Gasteiger charge is -2.00. The first-order valence-electron chi connectivity index (χ1n) is 6.88. The van der Waals surface area contributed by atoms with Crippen LogP contribution in [0.1, 0.15) is 11.4 Å². The molecule has 3 aromatic rings. The van der Waals surface area contributed by atoms with Gasteiger partial charge in [-0.2, -0.15) is 9.61 Å². The highest BCUT2D eigenvalue weighted by Gasteiger charge is 2.15. The minimum absolute atomic E-state index is 0.754. The van der Waals surface area contributed by atoms with Crippen LogP contribution in [0.25, 0.3) is 15.5 Å². The van der Waals surface area contributed by atoms with Crippen molar-refractivity contribution in [2.45, 2.75) is 12.7 Å². The van der Waals surface area contributed by atoms with Gasteiger partial charge in [0.1, 0.15) is 9.38 Å². The monoisotopic (exact) mass is 347 g/mol. The van der Waals surface area contributed by atoms with E-state index in [0.29, 0.717) is 0 Å². The highest BCUT2D eigenvalue weighted by atomic mass is 32.2. The lowest BCUT2D eigenvalue weighted by Crippen LogP contribution is -1.95. The van der Waals surface area contributed by atoms with Gasteiger partial charge in [0.05, 0.1) is 12.3 Å². The summed E-state index contributed by atoms with van der Waals surface area (Å²) < 4.78 is 3.01. The van der Waals surface area contributed by atoms with Gasteiger partial charge in [0, 0.05) is 11.3 Å². The number of rotatable bonds is 3. The van der Waals surface area contributed by atoms with Gasteiger partial charge in [0.25, 0.3) is 0 Å². The van der Waals surface area contributed by atoms with Crippen LogP contribution in [-0.2, 0) is 5.75 Å². The van der Waals surface area contributed by atoms with Crippen LogP contribution in [0.5, 0.6) is 0 Å². The van der Waals surface area contributed by atoms with E-state index in [9.17, 15) is 0 Å². The first-order valence-corrected chi connectivity index (χ1v) is 9.67. The number of aryl methyl sites for hydroxylation is 1. The van der Waals surface area contributed by atoms with Crippen LogP contribution < -0.4 is 0 Å². The molecule has 2 aromatic heterocycles. The third-order valence-corrected chi connectivity index (χ3v) is 6.49. The highest BCUT2D eigenvalue weighted by Crippen LogP contribution is 2.29. The van der Waals surface area contributed by atoms with Crippen LogP contribution in [-0.4, -0.2) is 36.5 Å². The molecule has 3 heterocycles. The molecule has 0 saturated heterocycles. The second kappa shape index (κ2) is 6.02. The van der Waals surface area contributed by atoms with Crippen molar-refractivity contribution in [1.29, 1.82) is 0 Å². The maximum absolute atomic E-state index is 4.70. The van der Waals surface area contributed by atoms with Crippen molar-refractivity contribution in [3.63, 3.8) is 0 Å². The summed E-state index contributed by atoms with van der Waals surface area (Å²) in [5, 5.41) is 14.2. The van der Waals surface area contributed by atoms with Crippen LogP contribution >= 0.6 is 34.9 Å². The number of nitrogens with zero attached hydrogens (tertiary/aromatic N) is 5. The van der Waals surface area contributed by atoms with E-state index >= 15 is 0 Å². The van der Waals surface area contributed by atoms with Crippen molar-refractivity contribution in [3.8, 4) is 10.6 Å². The molecule has 1 aliphatic rings. The van der Waals surface area contributed by atoms with Crippen LogP contribution in [0.15, 0.2) is 29.3 Å². The van der Waals surface area contributed by atoms with Gasteiger partial charge in [-0.3, -0.25) is 4.99 Å². The Balaban J connectivity index is 1.63. The third-order valence-electron chi connectivity index (χ3n) is 3.31. The second-order valence-corrected chi connectivity index (χ2v) is 8.08. The Morgan fingerprint density at radius 2 is 2.18 bits per heavy atom. The van der Waals surface area contributed by atoms with Crippen LogP contribution in [0.3, 0.4) is 0 Å². The fourth-order valence-corrected chi connectivity index (χ4v) is 5.06. The molecule has 0 bridgehead atoms. The predicted molar refractivity (Wildman–Crippen MR) is 94.9 cm³/mol. The number of hydrogen-bond acceptors (Lipinski definition) is 7. The first kappa shape index (κ1) is 14.2. The minimum Gasteiger partial charge on any atom is -0.271 e. The fraction of sp³-hybridized carbons (Fsp3) is 0.286. The van der Waals surface area contributed by atoms with E-state index in [1.54, 1.807) is 23.1 Å². The van der Waals surface area contributed by atoms with E-state index in [1.165, 1.54) is 5.56 Å². The van der Waals surface area contributed by atoms with Crippen LogP contribution in [0.2, 0.25) is 0 Å². The fourth-order valence-electron chi connectivity index (χ4n) is 2.20. The third kappa shape index (κ3) is 2.66. The minimum atomic E-state index is 0.754. The molecule has 5 nitrogen and oxygen atoms in total. The van der Waals surface area contributed by atoms with Gasteiger partial charge in [-0.1, -0.05) is 59.1 Å². The van der Waals surface area contributed by atoms with E-state index in [0.717, 1.165) is 43.8 Å². The summed E-state index contributed by atoms with van der Waals surface area (Å²) in [5.41, 5.74) is 2.38. The summed E-state index contributed by atoms with van der Waals surface area (Å²) in [4.78, 5) is 5.29.